The van der Waals surface area contributed by atoms with Crippen LogP contribution in [0.3, 0.4) is 0 Å². The molecule has 2 atom stereocenters. The first kappa shape index (κ1) is 21.3. The molecule has 3 aromatic rings. The number of nitrogens with one attached hydrogen (secondary N) is 1. The largest absolute Gasteiger partial charge is 0.322 e. The maximum Gasteiger partial charge on any atom is 0.253 e. The third kappa shape index (κ3) is 3.98. The third-order valence-corrected chi connectivity index (χ3v) is 7.51. The van der Waals surface area contributed by atoms with Crippen molar-refractivity contribution in [3.63, 3.8) is 0 Å². The summed E-state index contributed by atoms with van der Waals surface area (Å²) in [5, 5.41) is 14.2. The first-order chi connectivity index (χ1) is 15.7. The number of benzene rings is 1. The molecule has 1 aliphatic carbocycles. The number of nitrogens with zero attached hydrogens (tertiary/aromatic N) is 5. The van der Waals surface area contributed by atoms with Gasteiger partial charge in [-0.25, -0.2) is 4.68 Å². The molecule has 1 aromatic carbocycles. The van der Waals surface area contributed by atoms with E-state index >= 15 is 0 Å². The highest BCUT2D eigenvalue weighted by atomic mass is 16.1. The lowest BCUT2D eigenvalue weighted by molar-refractivity contribution is 0.114. The van der Waals surface area contributed by atoms with Crippen LogP contribution in [0.5, 0.6) is 0 Å². The van der Waals surface area contributed by atoms with Gasteiger partial charge in [0, 0.05) is 17.1 Å². The number of pyridine rings is 1. The van der Waals surface area contributed by atoms with Crippen molar-refractivity contribution in [1.82, 2.24) is 30.1 Å². The van der Waals surface area contributed by atoms with Crippen LogP contribution in [-0.4, -0.2) is 42.7 Å². The number of rotatable bonds is 5. The summed E-state index contributed by atoms with van der Waals surface area (Å²) in [6.45, 7) is 5.38. The molecule has 2 aromatic heterocycles. The topological polar surface area (TPSA) is 79.7 Å². The van der Waals surface area contributed by atoms with E-state index in [1.807, 2.05) is 10.7 Å². The Balaban J connectivity index is 1.65. The van der Waals surface area contributed by atoms with E-state index < -0.39 is 0 Å². The van der Waals surface area contributed by atoms with Gasteiger partial charge in [0.1, 0.15) is 6.04 Å². The Kier molecular flexibility index (Phi) is 6.09. The van der Waals surface area contributed by atoms with Gasteiger partial charge in [-0.05, 0) is 85.1 Å². The van der Waals surface area contributed by atoms with Gasteiger partial charge in [-0.2, -0.15) is 0 Å². The number of tetrazole rings is 1. The third-order valence-electron chi connectivity index (χ3n) is 7.51. The summed E-state index contributed by atoms with van der Waals surface area (Å²) in [6.07, 6.45) is 10.4. The minimum atomic E-state index is -0.236. The first-order valence-electron chi connectivity index (χ1n) is 12.3. The Morgan fingerprint density at radius 1 is 1.09 bits per heavy atom. The van der Waals surface area contributed by atoms with Crippen LogP contribution in [0.15, 0.2) is 29.1 Å². The van der Waals surface area contributed by atoms with Crippen LogP contribution in [0.2, 0.25) is 0 Å². The maximum absolute atomic E-state index is 13.4. The van der Waals surface area contributed by atoms with Crippen molar-refractivity contribution in [2.45, 2.75) is 89.8 Å². The molecule has 0 spiro atoms. The molecule has 2 aliphatic rings. The van der Waals surface area contributed by atoms with Gasteiger partial charge in [-0.15, -0.1) is 5.10 Å². The SMILES string of the molecule is CCc1ccc2[nH]c(=O)c([C@@H](c3nnnn3C3CCCCC3)N3CCCC[C@H]3C)cc2c1. The van der Waals surface area contributed by atoms with Gasteiger partial charge in [-0.1, -0.05) is 38.7 Å². The van der Waals surface area contributed by atoms with Crippen molar-refractivity contribution in [2.24, 2.45) is 0 Å². The number of hydrogen-bond acceptors (Lipinski definition) is 5. The fourth-order valence-electron chi connectivity index (χ4n) is 5.63. The molecule has 5 rings (SSSR count). The van der Waals surface area contributed by atoms with E-state index in [9.17, 15) is 4.79 Å². The van der Waals surface area contributed by atoms with E-state index in [2.05, 4.69) is 57.5 Å². The van der Waals surface area contributed by atoms with Crippen LogP contribution >= 0.6 is 0 Å². The van der Waals surface area contributed by atoms with Crippen LogP contribution < -0.4 is 5.56 Å². The number of fused-ring (bicyclic) bond motifs is 1. The van der Waals surface area contributed by atoms with Gasteiger partial charge in [-0.3, -0.25) is 9.69 Å². The summed E-state index contributed by atoms with van der Waals surface area (Å²) in [7, 11) is 0. The molecule has 0 unspecified atom stereocenters. The standard InChI is InChI=1S/C25H34N6O/c1-3-18-12-13-22-19(15-18)16-21(25(32)26-22)23(30-14-8-7-9-17(30)2)24-27-28-29-31(24)20-10-5-4-6-11-20/h12-13,15-17,20,23H,3-11,14H2,1-2H3,(H,26,32)/t17-,23+/m1/s1. The minimum Gasteiger partial charge on any atom is -0.322 e. The molecule has 0 bridgehead atoms. The highest BCUT2D eigenvalue weighted by molar-refractivity contribution is 5.80. The predicted molar refractivity (Wildman–Crippen MR) is 126 cm³/mol. The van der Waals surface area contributed by atoms with E-state index in [0.29, 0.717) is 12.1 Å². The van der Waals surface area contributed by atoms with Gasteiger partial charge in [0.2, 0.25) is 0 Å². The quantitative estimate of drug-likeness (QED) is 0.637. The van der Waals surface area contributed by atoms with Gasteiger partial charge in [0.05, 0.1) is 6.04 Å². The first-order valence-corrected chi connectivity index (χ1v) is 12.3. The van der Waals surface area contributed by atoms with Crippen LogP contribution in [0, 0.1) is 0 Å². The lowest BCUT2D eigenvalue weighted by atomic mass is 9.93. The summed E-state index contributed by atoms with van der Waals surface area (Å²) in [5.74, 6) is 0.821. The van der Waals surface area contributed by atoms with Crippen LogP contribution in [0.1, 0.15) is 94.2 Å². The maximum atomic E-state index is 13.4. The van der Waals surface area contributed by atoms with Crippen molar-refractivity contribution < 1.29 is 0 Å². The lowest BCUT2D eigenvalue weighted by Gasteiger charge is -2.39. The van der Waals surface area contributed by atoms with Crippen molar-refractivity contribution >= 4 is 10.9 Å². The Labute approximate surface area is 189 Å². The number of hydrogen-bond donors (Lipinski definition) is 1. The Hall–Kier alpha value is -2.54. The highest BCUT2D eigenvalue weighted by Gasteiger charge is 2.35. The highest BCUT2D eigenvalue weighted by Crippen LogP contribution is 2.35. The predicted octanol–water partition coefficient (Wildman–Crippen LogP) is 4.55. The van der Waals surface area contributed by atoms with E-state index in [1.54, 1.807) is 0 Å². The molecule has 1 saturated carbocycles. The molecule has 1 N–H and O–H groups in total. The van der Waals surface area contributed by atoms with Gasteiger partial charge >= 0.3 is 0 Å². The summed E-state index contributed by atoms with van der Waals surface area (Å²) in [5.41, 5.74) is 2.87. The molecule has 1 aliphatic heterocycles. The molecule has 7 nitrogen and oxygen atoms in total. The zero-order valence-electron chi connectivity index (χ0n) is 19.3. The van der Waals surface area contributed by atoms with Crippen LogP contribution in [0.4, 0.5) is 0 Å². The van der Waals surface area contributed by atoms with Crippen LogP contribution in [-0.2, 0) is 6.42 Å². The average Bonchev–Trinajstić information content (AvgIpc) is 3.30. The molecule has 0 amide bonds. The Bertz CT molecular complexity index is 1130. The molecule has 7 heteroatoms. The molecular weight excluding hydrogens is 400 g/mol. The van der Waals surface area contributed by atoms with E-state index in [1.165, 1.54) is 31.2 Å². The Morgan fingerprint density at radius 3 is 2.69 bits per heavy atom. The van der Waals surface area contributed by atoms with E-state index in [4.69, 9.17) is 0 Å². The number of aryl methyl sites for hydroxylation is 1. The van der Waals surface area contributed by atoms with Crippen molar-refractivity contribution in [1.29, 1.82) is 0 Å². The second-order valence-electron chi connectivity index (χ2n) is 9.59. The molecule has 2 fully saturated rings. The Morgan fingerprint density at radius 2 is 1.91 bits per heavy atom. The number of likely N-dealkylation sites (tertiary alicyclic amines) is 1. The van der Waals surface area contributed by atoms with Gasteiger partial charge in [0.25, 0.3) is 5.56 Å². The van der Waals surface area contributed by atoms with Crippen LogP contribution in [0.25, 0.3) is 10.9 Å². The van der Waals surface area contributed by atoms with Crippen molar-refractivity contribution in [2.75, 3.05) is 6.54 Å². The molecule has 32 heavy (non-hydrogen) atoms. The molecule has 0 radical (unpaired) electrons. The van der Waals surface area contributed by atoms with E-state index in [0.717, 1.165) is 60.9 Å². The van der Waals surface area contributed by atoms with Gasteiger partial charge < -0.3 is 4.98 Å². The molecular formula is C25H34N6O. The minimum absolute atomic E-state index is 0.0392. The second-order valence-corrected chi connectivity index (χ2v) is 9.59. The van der Waals surface area contributed by atoms with Gasteiger partial charge in [0.15, 0.2) is 5.82 Å². The summed E-state index contributed by atoms with van der Waals surface area (Å²) in [6, 6.07) is 8.84. The summed E-state index contributed by atoms with van der Waals surface area (Å²) >= 11 is 0. The molecule has 3 heterocycles. The second kappa shape index (κ2) is 9.14. The zero-order valence-corrected chi connectivity index (χ0v) is 19.3. The molecule has 170 valence electrons. The summed E-state index contributed by atoms with van der Waals surface area (Å²) < 4.78 is 2.04. The van der Waals surface area contributed by atoms with E-state index in [-0.39, 0.29) is 11.6 Å². The smallest absolute Gasteiger partial charge is 0.253 e. The average molecular weight is 435 g/mol. The van der Waals surface area contributed by atoms with Crippen molar-refractivity contribution in [3.8, 4) is 0 Å². The normalized spacial score (nSPS) is 21.8. The number of aromatic amines is 1. The number of aromatic nitrogens is 5. The molecule has 1 saturated heterocycles. The summed E-state index contributed by atoms with van der Waals surface area (Å²) in [4.78, 5) is 19.0. The zero-order chi connectivity index (χ0) is 22.1. The number of piperidine rings is 1. The fourth-order valence-corrected chi connectivity index (χ4v) is 5.63. The lowest BCUT2D eigenvalue weighted by Crippen LogP contribution is -2.43. The fraction of sp³-hybridized carbons (Fsp3) is 0.600. The monoisotopic (exact) mass is 434 g/mol. The number of H-pyrrole nitrogens is 1. The van der Waals surface area contributed by atoms with Crippen molar-refractivity contribution in [3.05, 3.63) is 51.6 Å².